The van der Waals surface area contributed by atoms with Gasteiger partial charge in [-0.3, -0.25) is 0 Å². The molecule has 1 heterocycles. The monoisotopic (exact) mass is 132 g/mol. The summed E-state index contributed by atoms with van der Waals surface area (Å²) in [4.78, 5) is 0. The largest absolute Gasteiger partial charge is 0.150 e. The lowest BCUT2D eigenvalue weighted by molar-refractivity contribution is 1.21. The van der Waals surface area contributed by atoms with E-state index in [-0.39, 0.29) is 0 Å². The van der Waals surface area contributed by atoms with Crippen molar-refractivity contribution in [1.29, 1.82) is 0 Å². The zero-order valence-corrected chi connectivity index (χ0v) is 5.89. The van der Waals surface area contributed by atoms with E-state index >= 15 is 0 Å². The molecule has 0 aromatic rings. The molecule has 0 radical (unpaired) electrons. The second-order valence-corrected chi connectivity index (χ2v) is 3.86. The summed E-state index contributed by atoms with van der Waals surface area (Å²) < 4.78 is 0.819. The lowest BCUT2D eigenvalue weighted by atomic mass is 10.5. The van der Waals surface area contributed by atoms with Gasteiger partial charge in [0.1, 0.15) is 0 Å². The summed E-state index contributed by atoms with van der Waals surface area (Å²) in [6, 6.07) is 0. The minimum absolute atomic E-state index is 0.819. The normalized spacial score (nSPS) is 29.0. The van der Waals surface area contributed by atoms with Crippen LogP contribution in [0, 0.1) is 0 Å². The summed E-state index contributed by atoms with van der Waals surface area (Å²) in [6.07, 6.45) is 5.64. The maximum Gasteiger partial charge on any atom is 0.0575 e. The maximum absolute atomic E-state index is 2.23. The van der Waals surface area contributed by atoms with Crippen LogP contribution in [-0.2, 0) is 0 Å². The second-order valence-electron chi connectivity index (χ2n) is 1.41. The van der Waals surface area contributed by atoms with E-state index in [0.717, 1.165) is 4.58 Å². The Labute approximate surface area is 52.7 Å². The third-order valence-electron chi connectivity index (χ3n) is 0.918. The molecule has 0 saturated heterocycles. The van der Waals surface area contributed by atoms with Crippen LogP contribution >= 0.6 is 23.5 Å². The first-order chi connectivity index (χ1) is 3.43. The average molecular weight is 132 g/mol. The Morgan fingerprint density at radius 2 is 2.71 bits per heavy atom. The van der Waals surface area contributed by atoms with Crippen molar-refractivity contribution in [3.8, 4) is 0 Å². The number of rotatable bonds is 1. The van der Waals surface area contributed by atoms with Crippen LogP contribution < -0.4 is 0 Å². The smallest absolute Gasteiger partial charge is 0.0575 e. The van der Waals surface area contributed by atoms with Crippen LogP contribution in [-0.4, -0.2) is 10.8 Å². The van der Waals surface area contributed by atoms with Crippen molar-refractivity contribution in [3.63, 3.8) is 0 Å². The molecule has 0 nitrogen and oxygen atoms in total. The molecule has 1 aliphatic rings. The van der Waals surface area contributed by atoms with Crippen molar-refractivity contribution >= 4 is 23.5 Å². The Hall–Kier alpha value is 0.440. The third kappa shape index (κ3) is 1.42. The predicted octanol–water partition coefficient (Wildman–Crippen LogP) is 2.33. The fourth-order valence-electron chi connectivity index (χ4n) is 0.517. The van der Waals surface area contributed by atoms with Crippen molar-refractivity contribution in [1.82, 2.24) is 0 Å². The fourth-order valence-corrected chi connectivity index (χ4v) is 2.08. The summed E-state index contributed by atoms with van der Waals surface area (Å²) in [5.41, 5.74) is 0. The van der Waals surface area contributed by atoms with E-state index in [1.165, 1.54) is 6.42 Å². The van der Waals surface area contributed by atoms with Gasteiger partial charge in [0.25, 0.3) is 0 Å². The van der Waals surface area contributed by atoms with Gasteiger partial charge in [-0.25, -0.2) is 0 Å². The highest BCUT2D eigenvalue weighted by Gasteiger charge is 2.06. The predicted molar refractivity (Wildman–Crippen MR) is 38.7 cm³/mol. The Bertz CT molecular complexity index is 70.1. The topological polar surface area (TPSA) is 0 Å². The van der Waals surface area contributed by atoms with Crippen molar-refractivity contribution in [2.24, 2.45) is 0 Å². The molecule has 0 fully saturated rings. The first-order valence-electron chi connectivity index (χ1n) is 2.27. The van der Waals surface area contributed by atoms with Crippen LogP contribution in [0.2, 0.25) is 0 Å². The van der Waals surface area contributed by atoms with Crippen LogP contribution in [0.25, 0.3) is 0 Å². The van der Waals surface area contributed by atoms with Crippen molar-refractivity contribution < 1.29 is 0 Å². The van der Waals surface area contributed by atoms with Crippen LogP contribution in [0.15, 0.2) is 11.5 Å². The highest BCUT2D eigenvalue weighted by atomic mass is 32.2. The molecule has 40 valence electrons. The van der Waals surface area contributed by atoms with Crippen LogP contribution in [0.1, 0.15) is 6.42 Å². The van der Waals surface area contributed by atoms with Gasteiger partial charge in [0.15, 0.2) is 0 Å². The molecule has 0 spiro atoms. The zero-order valence-electron chi connectivity index (χ0n) is 4.26. The van der Waals surface area contributed by atoms with Crippen LogP contribution in [0.5, 0.6) is 0 Å². The molecular formula is C5H8S2. The number of allylic oxidation sites excluding steroid dienone is 1. The molecule has 7 heavy (non-hydrogen) atoms. The summed E-state index contributed by atoms with van der Waals surface area (Å²) in [6.45, 7) is 0. The highest BCUT2D eigenvalue weighted by molar-refractivity contribution is 8.18. The van der Waals surface area contributed by atoms with Gasteiger partial charge >= 0.3 is 0 Å². The van der Waals surface area contributed by atoms with Gasteiger partial charge in [-0.1, -0.05) is 6.08 Å². The Balaban J connectivity index is 2.22. The van der Waals surface area contributed by atoms with Crippen LogP contribution in [0.3, 0.4) is 0 Å². The molecule has 1 aliphatic heterocycles. The Morgan fingerprint density at radius 3 is 3.00 bits per heavy atom. The van der Waals surface area contributed by atoms with E-state index in [2.05, 4.69) is 17.7 Å². The number of hydrogen-bond donors (Lipinski definition) is 0. The first kappa shape index (κ1) is 5.57. The summed E-state index contributed by atoms with van der Waals surface area (Å²) in [5, 5.41) is 2.18. The third-order valence-corrected chi connectivity index (χ3v) is 3.39. The highest BCUT2D eigenvalue weighted by Crippen LogP contribution is 2.30. The average Bonchev–Trinajstić information content (AvgIpc) is 2.14. The van der Waals surface area contributed by atoms with E-state index in [1.54, 1.807) is 0 Å². The molecule has 0 saturated carbocycles. The maximum atomic E-state index is 2.23. The van der Waals surface area contributed by atoms with Gasteiger partial charge in [0.05, 0.1) is 4.58 Å². The molecule has 0 amide bonds. The molecule has 2 heteroatoms. The number of thioether (sulfide) groups is 2. The van der Waals surface area contributed by atoms with Gasteiger partial charge < -0.3 is 0 Å². The van der Waals surface area contributed by atoms with E-state index in [0.29, 0.717) is 0 Å². The van der Waals surface area contributed by atoms with Crippen molar-refractivity contribution in [3.05, 3.63) is 11.5 Å². The quantitative estimate of drug-likeness (QED) is 0.537. The van der Waals surface area contributed by atoms with Gasteiger partial charge in [-0.15, -0.1) is 11.8 Å². The van der Waals surface area contributed by atoms with E-state index in [9.17, 15) is 0 Å². The van der Waals surface area contributed by atoms with Gasteiger partial charge in [0, 0.05) is 0 Å². The molecule has 0 N–H and O–H groups in total. The second kappa shape index (κ2) is 2.68. The van der Waals surface area contributed by atoms with Gasteiger partial charge in [-0.2, -0.15) is 11.8 Å². The SMILES string of the molecule is CSC1CC=CS1. The molecule has 0 aromatic carbocycles. The van der Waals surface area contributed by atoms with Gasteiger partial charge in [0.2, 0.25) is 0 Å². The molecular weight excluding hydrogens is 124 g/mol. The Morgan fingerprint density at radius 1 is 1.86 bits per heavy atom. The van der Waals surface area contributed by atoms with Crippen molar-refractivity contribution in [2.45, 2.75) is 11.0 Å². The molecule has 0 bridgehead atoms. The summed E-state index contributed by atoms with van der Waals surface area (Å²) in [7, 11) is 0. The van der Waals surface area contributed by atoms with Crippen molar-refractivity contribution in [2.75, 3.05) is 6.26 Å². The summed E-state index contributed by atoms with van der Waals surface area (Å²) in [5.74, 6) is 0. The minimum Gasteiger partial charge on any atom is -0.150 e. The molecule has 0 aromatic heterocycles. The Kier molecular flexibility index (Phi) is 2.13. The van der Waals surface area contributed by atoms with E-state index in [4.69, 9.17) is 0 Å². The molecule has 1 unspecified atom stereocenters. The fraction of sp³-hybridized carbons (Fsp3) is 0.600. The van der Waals surface area contributed by atoms with E-state index in [1.807, 2.05) is 23.5 Å². The minimum atomic E-state index is 0.819. The lowest BCUT2D eigenvalue weighted by Crippen LogP contribution is -1.84. The lowest BCUT2D eigenvalue weighted by Gasteiger charge is -1.99. The first-order valence-corrected chi connectivity index (χ1v) is 4.50. The van der Waals surface area contributed by atoms with E-state index < -0.39 is 0 Å². The number of hydrogen-bond acceptors (Lipinski definition) is 2. The zero-order chi connectivity index (χ0) is 5.11. The molecule has 1 atom stereocenters. The summed E-state index contributed by atoms with van der Waals surface area (Å²) >= 11 is 3.86. The molecule has 1 rings (SSSR count). The van der Waals surface area contributed by atoms with Crippen LogP contribution in [0.4, 0.5) is 0 Å². The standard InChI is InChI=1S/C5H8S2/c1-6-5-3-2-4-7-5/h2,4-5H,3H2,1H3. The molecule has 0 aliphatic carbocycles. The van der Waals surface area contributed by atoms with Gasteiger partial charge in [-0.05, 0) is 18.1 Å².